The number of carbonyl (C=O) groups is 1. The number of ether oxygens (including phenoxy) is 1. The number of nitrogens with one attached hydrogen (secondary N) is 1. The van der Waals surface area contributed by atoms with E-state index < -0.39 is 16.6 Å². The van der Waals surface area contributed by atoms with E-state index in [-0.39, 0.29) is 18.7 Å². The molecule has 2 heterocycles. The van der Waals surface area contributed by atoms with Gasteiger partial charge in [-0.15, -0.1) is 0 Å². The fraction of sp³-hybridized carbons (Fsp3) is 0.682. The Bertz CT molecular complexity index is 736. The molecule has 0 saturated carbocycles. The Kier molecular flexibility index (Phi) is 7.76. The van der Waals surface area contributed by atoms with Crippen LogP contribution in [0.1, 0.15) is 46.5 Å². The van der Waals surface area contributed by atoms with Crippen LogP contribution in [0, 0.1) is 5.92 Å². The minimum absolute atomic E-state index is 0.0484. The predicted octanol–water partition coefficient (Wildman–Crippen LogP) is 2.91. The zero-order valence-corrected chi connectivity index (χ0v) is 19.1. The van der Waals surface area contributed by atoms with Gasteiger partial charge >= 0.3 is 6.09 Å². The number of hydrogen-bond donors (Lipinski definition) is 2. The minimum atomic E-state index is -1.21. The Labute approximate surface area is 182 Å². The maximum Gasteiger partial charge on any atom is 0.407 e. The fourth-order valence-electron chi connectivity index (χ4n) is 3.95. The SMILES string of the molecule is CC(C)(C)OC(=O)NC1CCN(S(=O)c2cccc(N3CCC(CO)CC3)c2)CC1. The van der Waals surface area contributed by atoms with Gasteiger partial charge in [0.1, 0.15) is 16.6 Å². The summed E-state index contributed by atoms with van der Waals surface area (Å²) in [7, 11) is -1.21. The quantitative estimate of drug-likeness (QED) is 0.740. The summed E-state index contributed by atoms with van der Waals surface area (Å²) >= 11 is 0. The first kappa shape index (κ1) is 23.0. The molecule has 8 heteroatoms. The monoisotopic (exact) mass is 437 g/mol. The van der Waals surface area contributed by atoms with Gasteiger partial charge in [-0.05, 0) is 70.6 Å². The molecule has 0 aliphatic carbocycles. The van der Waals surface area contributed by atoms with E-state index in [1.165, 1.54) is 0 Å². The molecular weight excluding hydrogens is 402 g/mol. The Morgan fingerprint density at radius 3 is 2.43 bits per heavy atom. The van der Waals surface area contributed by atoms with E-state index in [9.17, 15) is 14.1 Å². The van der Waals surface area contributed by atoms with Gasteiger partial charge in [0.2, 0.25) is 0 Å². The summed E-state index contributed by atoms with van der Waals surface area (Å²) < 4.78 is 20.4. The van der Waals surface area contributed by atoms with Crippen LogP contribution in [0.15, 0.2) is 29.2 Å². The Balaban J connectivity index is 1.52. The summed E-state index contributed by atoms with van der Waals surface area (Å²) in [6.45, 7) is 8.98. The van der Waals surface area contributed by atoms with Gasteiger partial charge in [-0.2, -0.15) is 0 Å². The van der Waals surface area contributed by atoms with Crippen LogP contribution in [0.3, 0.4) is 0 Å². The number of amides is 1. The molecule has 0 bridgehead atoms. The van der Waals surface area contributed by atoms with E-state index in [0.29, 0.717) is 19.0 Å². The average molecular weight is 438 g/mol. The second kappa shape index (κ2) is 10.1. The molecule has 2 N–H and O–H groups in total. The molecule has 0 spiro atoms. The lowest BCUT2D eigenvalue weighted by atomic mass is 9.97. The third-order valence-electron chi connectivity index (χ3n) is 5.67. The molecule has 1 atom stereocenters. The van der Waals surface area contributed by atoms with Gasteiger partial charge < -0.3 is 20.1 Å². The Hall–Kier alpha value is -1.64. The Morgan fingerprint density at radius 2 is 1.83 bits per heavy atom. The maximum absolute atomic E-state index is 13.1. The number of nitrogens with zero attached hydrogens (tertiary/aromatic N) is 2. The normalized spacial score (nSPS) is 20.7. The first-order valence-electron chi connectivity index (χ1n) is 10.9. The summed E-state index contributed by atoms with van der Waals surface area (Å²) in [5.41, 5.74) is 0.587. The van der Waals surface area contributed by atoms with E-state index in [4.69, 9.17) is 4.74 Å². The van der Waals surface area contributed by atoms with E-state index in [0.717, 1.165) is 49.4 Å². The summed E-state index contributed by atoms with van der Waals surface area (Å²) in [6, 6.07) is 8.03. The van der Waals surface area contributed by atoms with Crippen molar-refractivity contribution in [2.24, 2.45) is 5.92 Å². The molecular formula is C22H35N3O4S. The average Bonchev–Trinajstić information content (AvgIpc) is 2.72. The molecule has 2 fully saturated rings. The summed E-state index contributed by atoms with van der Waals surface area (Å²) in [5, 5.41) is 12.3. The zero-order valence-electron chi connectivity index (χ0n) is 18.3. The molecule has 1 amide bonds. The smallest absolute Gasteiger partial charge is 0.407 e. The van der Waals surface area contributed by atoms with Crippen LogP contribution in [0.5, 0.6) is 0 Å². The van der Waals surface area contributed by atoms with E-state index >= 15 is 0 Å². The first-order valence-corrected chi connectivity index (χ1v) is 12.0. The molecule has 1 aromatic carbocycles. The van der Waals surface area contributed by atoms with E-state index in [1.807, 2.05) is 43.3 Å². The molecule has 3 rings (SSSR count). The summed E-state index contributed by atoms with van der Waals surface area (Å²) in [5.74, 6) is 0.397. The maximum atomic E-state index is 13.1. The second-order valence-electron chi connectivity index (χ2n) is 9.21. The zero-order chi connectivity index (χ0) is 21.7. The van der Waals surface area contributed by atoms with Crippen molar-refractivity contribution in [1.82, 2.24) is 9.62 Å². The molecule has 0 radical (unpaired) electrons. The van der Waals surface area contributed by atoms with Crippen LogP contribution >= 0.6 is 0 Å². The van der Waals surface area contributed by atoms with Crippen molar-refractivity contribution in [2.45, 2.75) is 63.0 Å². The molecule has 1 aromatic rings. The number of aliphatic hydroxyl groups is 1. The highest BCUT2D eigenvalue weighted by Gasteiger charge is 2.27. The van der Waals surface area contributed by atoms with Crippen LogP contribution in [0.4, 0.5) is 10.5 Å². The highest BCUT2D eigenvalue weighted by atomic mass is 32.2. The predicted molar refractivity (Wildman–Crippen MR) is 119 cm³/mol. The number of benzene rings is 1. The largest absolute Gasteiger partial charge is 0.444 e. The second-order valence-corrected chi connectivity index (χ2v) is 10.7. The van der Waals surface area contributed by atoms with Crippen molar-refractivity contribution < 1.29 is 18.8 Å². The lowest BCUT2D eigenvalue weighted by Crippen LogP contribution is -2.46. The lowest BCUT2D eigenvalue weighted by molar-refractivity contribution is 0.0490. The van der Waals surface area contributed by atoms with Crippen LogP contribution < -0.4 is 10.2 Å². The third kappa shape index (κ3) is 6.43. The van der Waals surface area contributed by atoms with Crippen molar-refractivity contribution in [3.8, 4) is 0 Å². The van der Waals surface area contributed by atoms with Crippen molar-refractivity contribution in [3.05, 3.63) is 24.3 Å². The van der Waals surface area contributed by atoms with Crippen LogP contribution in [-0.4, -0.2) is 64.1 Å². The van der Waals surface area contributed by atoms with Gasteiger partial charge in [0, 0.05) is 44.5 Å². The van der Waals surface area contributed by atoms with Gasteiger partial charge in [0.05, 0.1) is 4.90 Å². The number of piperidine rings is 2. The highest BCUT2D eigenvalue weighted by Crippen LogP contribution is 2.26. The summed E-state index contributed by atoms with van der Waals surface area (Å²) in [6.07, 6.45) is 3.09. The molecule has 0 aromatic heterocycles. The van der Waals surface area contributed by atoms with Gasteiger partial charge in [-0.1, -0.05) is 6.07 Å². The van der Waals surface area contributed by atoms with Crippen molar-refractivity contribution in [1.29, 1.82) is 0 Å². The molecule has 7 nitrogen and oxygen atoms in total. The van der Waals surface area contributed by atoms with Crippen LogP contribution in [-0.2, 0) is 15.7 Å². The molecule has 30 heavy (non-hydrogen) atoms. The third-order valence-corrected chi connectivity index (χ3v) is 7.16. The van der Waals surface area contributed by atoms with Gasteiger partial charge in [0.25, 0.3) is 0 Å². The molecule has 2 saturated heterocycles. The van der Waals surface area contributed by atoms with Crippen LogP contribution in [0.25, 0.3) is 0 Å². The highest BCUT2D eigenvalue weighted by molar-refractivity contribution is 7.82. The van der Waals surface area contributed by atoms with Crippen LogP contribution in [0.2, 0.25) is 0 Å². The van der Waals surface area contributed by atoms with Gasteiger partial charge in [0.15, 0.2) is 0 Å². The lowest BCUT2D eigenvalue weighted by Gasteiger charge is -2.34. The number of rotatable bonds is 5. The number of anilines is 1. The fourth-order valence-corrected chi connectivity index (χ4v) is 5.21. The summed E-state index contributed by atoms with van der Waals surface area (Å²) in [4.78, 5) is 15.1. The minimum Gasteiger partial charge on any atom is -0.444 e. The number of alkyl carbamates (subject to hydrolysis) is 1. The van der Waals surface area contributed by atoms with E-state index in [2.05, 4.69) is 16.3 Å². The topological polar surface area (TPSA) is 82.1 Å². The number of carbonyl (C=O) groups excluding carboxylic acids is 1. The number of aliphatic hydroxyl groups excluding tert-OH is 1. The first-order chi connectivity index (χ1) is 14.2. The van der Waals surface area contributed by atoms with Gasteiger partial charge in [-0.3, -0.25) is 0 Å². The Morgan fingerprint density at radius 1 is 1.17 bits per heavy atom. The van der Waals surface area contributed by atoms with Crippen molar-refractivity contribution in [2.75, 3.05) is 37.7 Å². The number of hydrogen-bond acceptors (Lipinski definition) is 5. The van der Waals surface area contributed by atoms with Crippen molar-refractivity contribution in [3.63, 3.8) is 0 Å². The molecule has 2 aliphatic rings. The van der Waals surface area contributed by atoms with E-state index in [1.54, 1.807) is 0 Å². The van der Waals surface area contributed by atoms with Crippen molar-refractivity contribution >= 4 is 22.8 Å². The molecule has 168 valence electrons. The standard InChI is InChI=1S/C22H35N3O4S/c1-22(2,3)29-21(27)23-18-9-13-25(14-10-18)30(28)20-6-4-5-19(15-20)24-11-7-17(16-26)8-12-24/h4-6,15,17-18,26H,7-14,16H2,1-3H3,(H,23,27). The molecule has 1 unspecified atom stereocenters. The molecule has 2 aliphatic heterocycles. The van der Waals surface area contributed by atoms with Gasteiger partial charge in [-0.25, -0.2) is 13.3 Å².